The summed E-state index contributed by atoms with van der Waals surface area (Å²) in [7, 11) is 3.16. The van der Waals surface area contributed by atoms with Crippen molar-refractivity contribution >= 4 is 11.7 Å². The van der Waals surface area contributed by atoms with E-state index in [-0.39, 0.29) is 5.91 Å². The summed E-state index contributed by atoms with van der Waals surface area (Å²) in [5.41, 5.74) is 2.13. The molecular weight excluding hydrogens is 376 g/mol. The van der Waals surface area contributed by atoms with Gasteiger partial charge in [0.25, 0.3) is 0 Å². The highest BCUT2D eigenvalue weighted by Gasteiger charge is 2.25. The first-order valence-corrected chi connectivity index (χ1v) is 9.00. The van der Waals surface area contributed by atoms with Crippen LogP contribution in [-0.2, 0) is 4.79 Å². The molecule has 0 radical (unpaired) electrons. The summed E-state index contributed by atoms with van der Waals surface area (Å²) in [5.74, 6) is 2.89. The zero-order valence-corrected chi connectivity index (χ0v) is 16.3. The largest absolute Gasteiger partial charge is 0.497 e. The molecule has 150 valence electrons. The molecule has 0 saturated carbocycles. The Morgan fingerprint density at radius 1 is 1.03 bits per heavy atom. The first-order chi connectivity index (χ1) is 14.1. The fourth-order valence-corrected chi connectivity index (χ4v) is 3.17. The molecule has 0 unspecified atom stereocenters. The lowest BCUT2D eigenvalue weighted by molar-refractivity contribution is -0.114. The Hall–Kier alpha value is -3.68. The van der Waals surface area contributed by atoms with Crippen molar-refractivity contribution in [2.24, 2.45) is 0 Å². The highest BCUT2D eigenvalue weighted by molar-refractivity contribution is 5.96. The Kier molecular flexibility index (Phi) is 4.99. The van der Waals surface area contributed by atoms with Gasteiger partial charge in [-0.05, 0) is 29.8 Å². The van der Waals surface area contributed by atoms with Gasteiger partial charge in [-0.3, -0.25) is 4.79 Å². The summed E-state index contributed by atoms with van der Waals surface area (Å²) < 4.78 is 27.7. The van der Waals surface area contributed by atoms with E-state index in [0.717, 1.165) is 5.56 Å². The lowest BCUT2D eigenvalue weighted by Crippen LogP contribution is -2.16. The van der Waals surface area contributed by atoms with Gasteiger partial charge >= 0.3 is 0 Å². The van der Waals surface area contributed by atoms with Gasteiger partial charge in [-0.1, -0.05) is 17.3 Å². The van der Waals surface area contributed by atoms with E-state index in [0.29, 0.717) is 58.9 Å². The molecule has 0 bridgehead atoms. The molecule has 1 N–H and O–H groups in total. The molecule has 2 heterocycles. The molecule has 2 aromatic carbocycles. The van der Waals surface area contributed by atoms with E-state index in [1.807, 2.05) is 30.3 Å². The maximum absolute atomic E-state index is 11.7. The highest BCUT2D eigenvalue weighted by atomic mass is 16.6. The molecule has 4 rings (SSSR count). The van der Waals surface area contributed by atoms with Crippen LogP contribution in [0.15, 0.2) is 40.9 Å². The number of ether oxygens (including phenoxy) is 4. The molecule has 0 atom stereocenters. The first-order valence-electron chi connectivity index (χ1n) is 9.00. The lowest BCUT2D eigenvalue weighted by atomic mass is 10.0. The summed E-state index contributed by atoms with van der Waals surface area (Å²) in [4.78, 5) is 11.7. The van der Waals surface area contributed by atoms with Crippen LogP contribution in [0.2, 0.25) is 0 Å². The van der Waals surface area contributed by atoms with E-state index >= 15 is 0 Å². The maximum atomic E-state index is 11.7. The van der Waals surface area contributed by atoms with Crippen LogP contribution in [0, 0.1) is 0 Å². The predicted molar refractivity (Wildman–Crippen MR) is 106 cm³/mol. The molecule has 1 aromatic heterocycles. The van der Waals surface area contributed by atoms with Crippen LogP contribution in [0.25, 0.3) is 22.5 Å². The molecule has 29 heavy (non-hydrogen) atoms. The number of anilines is 1. The second-order valence-corrected chi connectivity index (χ2v) is 6.35. The Morgan fingerprint density at radius 3 is 2.48 bits per heavy atom. The third-order valence-electron chi connectivity index (χ3n) is 4.46. The molecule has 1 amide bonds. The van der Waals surface area contributed by atoms with E-state index in [1.165, 1.54) is 6.92 Å². The summed E-state index contributed by atoms with van der Waals surface area (Å²) in [6.07, 6.45) is 0. The van der Waals surface area contributed by atoms with Crippen LogP contribution in [0.4, 0.5) is 5.82 Å². The third-order valence-corrected chi connectivity index (χ3v) is 4.46. The summed E-state index contributed by atoms with van der Waals surface area (Å²) >= 11 is 0. The molecule has 3 aromatic rings. The zero-order valence-electron chi connectivity index (χ0n) is 16.3. The molecule has 1 aliphatic rings. The van der Waals surface area contributed by atoms with Gasteiger partial charge in [-0.2, -0.15) is 0 Å². The van der Waals surface area contributed by atoms with Gasteiger partial charge in [-0.15, -0.1) is 0 Å². The van der Waals surface area contributed by atoms with Crippen molar-refractivity contribution in [3.8, 4) is 45.4 Å². The average Bonchev–Trinajstić information content (AvgIpc) is 3.15. The van der Waals surface area contributed by atoms with E-state index in [9.17, 15) is 4.79 Å². The fraction of sp³-hybridized carbons (Fsp3) is 0.238. The normalized spacial score (nSPS) is 12.4. The van der Waals surface area contributed by atoms with Crippen molar-refractivity contribution in [3.05, 3.63) is 36.4 Å². The highest BCUT2D eigenvalue weighted by Crippen LogP contribution is 2.46. The molecule has 8 heteroatoms. The molecule has 0 saturated heterocycles. The summed E-state index contributed by atoms with van der Waals surface area (Å²) in [5, 5.41) is 6.79. The smallest absolute Gasteiger partial charge is 0.222 e. The van der Waals surface area contributed by atoms with Crippen LogP contribution in [0.1, 0.15) is 6.92 Å². The van der Waals surface area contributed by atoms with Gasteiger partial charge in [0.05, 0.1) is 19.8 Å². The quantitative estimate of drug-likeness (QED) is 0.702. The van der Waals surface area contributed by atoms with Gasteiger partial charge in [-0.25, -0.2) is 0 Å². The predicted octanol–water partition coefficient (Wildman–Crippen LogP) is 3.76. The minimum Gasteiger partial charge on any atom is -0.497 e. The molecule has 0 aliphatic carbocycles. The standard InChI is InChI=1S/C21H20N2O6/c1-12(24)22-21-18(13-4-6-15(25-2)7-5-13)19(29-23-21)14-10-16(26-3)20-17(11-14)27-8-9-28-20/h4-7,10-11H,8-9H2,1-3H3,(H,22,23,24). The second kappa shape index (κ2) is 7.75. The number of aromatic nitrogens is 1. The number of methoxy groups -OCH3 is 2. The number of amides is 1. The molecule has 1 aliphatic heterocycles. The molecule has 0 spiro atoms. The van der Waals surface area contributed by atoms with Crippen LogP contribution in [-0.4, -0.2) is 38.5 Å². The van der Waals surface area contributed by atoms with Crippen molar-refractivity contribution in [1.29, 1.82) is 0 Å². The fourth-order valence-electron chi connectivity index (χ4n) is 3.17. The maximum Gasteiger partial charge on any atom is 0.222 e. The van der Waals surface area contributed by atoms with Gasteiger partial charge in [0.15, 0.2) is 23.1 Å². The van der Waals surface area contributed by atoms with Crippen molar-refractivity contribution in [3.63, 3.8) is 0 Å². The average molecular weight is 396 g/mol. The number of hydrogen-bond donors (Lipinski definition) is 1. The van der Waals surface area contributed by atoms with Crippen molar-refractivity contribution < 1.29 is 28.3 Å². The second-order valence-electron chi connectivity index (χ2n) is 6.35. The number of rotatable bonds is 5. The van der Waals surface area contributed by atoms with E-state index < -0.39 is 0 Å². The Labute approximate surface area is 167 Å². The van der Waals surface area contributed by atoms with Gasteiger partial charge in [0, 0.05) is 12.5 Å². The zero-order chi connectivity index (χ0) is 20.4. The number of nitrogens with zero attached hydrogens (tertiary/aromatic N) is 1. The van der Waals surface area contributed by atoms with Crippen molar-refractivity contribution in [1.82, 2.24) is 5.16 Å². The SMILES string of the molecule is COc1ccc(-c2c(NC(C)=O)noc2-c2cc(OC)c3c(c2)OCCO3)cc1. The monoisotopic (exact) mass is 396 g/mol. The molecule has 8 nitrogen and oxygen atoms in total. The first kappa shape index (κ1) is 18.7. The van der Waals surface area contributed by atoms with Crippen LogP contribution in [0.3, 0.4) is 0 Å². The van der Waals surface area contributed by atoms with Gasteiger partial charge in [0.2, 0.25) is 11.7 Å². The Morgan fingerprint density at radius 2 is 1.79 bits per heavy atom. The minimum atomic E-state index is -0.251. The van der Waals surface area contributed by atoms with E-state index in [1.54, 1.807) is 20.3 Å². The summed E-state index contributed by atoms with van der Waals surface area (Å²) in [6.45, 7) is 2.31. The van der Waals surface area contributed by atoms with E-state index in [4.69, 9.17) is 23.5 Å². The van der Waals surface area contributed by atoms with Crippen LogP contribution in [0.5, 0.6) is 23.0 Å². The van der Waals surface area contributed by atoms with E-state index in [2.05, 4.69) is 10.5 Å². The number of benzene rings is 2. The van der Waals surface area contributed by atoms with Gasteiger partial charge in [0.1, 0.15) is 19.0 Å². The van der Waals surface area contributed by atoms with Crippen LogP contribution >= 0.6 is 0 Å². The number of carbonyl (C=O) groups excluding carboxylic acids is 1. The van der Waals surface area contributed by atoms with Crippen LogP contribution < -0.4 is 24.3 Å². The third kappa shape index (κ3) is 3.56. The molecule has 0 fully saturated rings. The Balaban J connectivity index is 1.87. The minimum absolute atomic E-state index is 0.251. The number of nitrogens with one attached hydrogen (secondary N) is 1. The van der Waals surface area contributed by atoms with Gasteiger partial charge < -0.3 is 28.8 Å². The number of fused-ring (bicyclic) bond motifs is 1. The summed E-state index contributed by atoms with van der Waals surface area (Å²) in [6, 6.07) is 11.0. The van der Waals surface area contributed by atoms with Crippen molar-refractivity contribution in [2.45, 2.75) is 6.92 Å². The molecular formula is C21H20N2O6. The van der Waals surface area contributed by atoms with Crippen molar-refractivity contribution in [2.75, 3.05) is 32.8 Å². The Bertz CT molecular complexity index is 1020. The number of carbonyl (C=O) groups is 1. The number of hydrogen-bond acceptors (Lipinski definition) is 7. The topological polar surface area (TPSA) is 92.1 Å². The lowest BCUT2D eigenvalue weighted by Gasteiger charge is -2.21.